The van der Waals surface area contributed by atoms with Crippen molar-refractivity contribution in [2.75, 3.05) is 6.54 Å². The molecule has 0 radical (unpaired) electrons. The van der Waals surface area contributed by atoms with Crippen LogP contribution < -0.4 is 9.50 Å². The van der Waals surface area contributed by atoms with Crippen molar-refractivity contribution in [1.82, 2.24) is 5.32 Å². The van der Waals surface area contributed by atoms with Gasteiger partial charge < -0.3 is 19.0 Å². The molecule has 3 aromatic rings. The molecule has 9 heteroatoms. The fraction of sp³-hybridized carbons (Fsp3) is 0.286. The second-order valence-electron chi connectivity index (χ2n) is 8.81. The first-order valence-corrected chi connectivity index (χ1v) is 13.3. The predicted octanol–water partition coefficient (Wildman–Crippen LogP) is 5.11. The molecule has 0 spiro atoms. The average Bonchev–Trinajstić information content (AvgIpc) is 2.85. The Bertz CT molecular complexity index is 1290. The summed E-state index contributed by atoms with van der Waals surface area (Å²) in [5.74, 6) is -0.869. The minimum atomic E-state index is -4.05. The molecule has 1 unspecified atom stereocenters. The summed E-state index contributed by atoms with van der Waals surface area (Å²) < 4.78 is 41.3. The van der Waals surface area contributed by atoms with Crippen molar-refractivity contribution in [3.8, 4) is 5.75 Å². The van der Waals surface area contributed by atoms with Gasteiger partial charge in [-0.3, -0.25) is 4.79 Å². The molecular formula is C28H31NO7S. The molecule has 1 atom stereocenters. The fourth-order valence-corrected chi connectivity index (χ4v) is 4.42. The Kier molecular flexibility index (Phi) is 9.68. The van der Waals surface area contributed by atoms with Crippen molar-refractivity contribution < 1.29 is 31.7 Å². The monoisotopic (exact) mass is 525 g/mol. The van der Waals surface area contributed by atoms with Crippen LogP contribution in [0.4, 0.5) is 4.79 Å². The van der Waals surface area contributed by atoms with E-state index in [1.807, 2.05) is 37.3 Å². The third kappa shape index (κ3) is 8.95. The van der Waals surface area contributed by atoms with Crippen LogP contribution in [-0.4, -0.2) is 33.1 Å². The predicted molar refractivity (Wildman–Crippen MR) is 139 cm³/mol. The number of carbonyl (C=O) groups is 2. The second-order valence-corrected chi connectivity index (χ2v) is 10.4. The number of amides is 1. The Labute approximate surface area is 217 Å². The van der Waals surface area contributed by atoms with E-state index in [2.05, 4.69) is 5.32 Å². The Morgan fingerprint density at radius 3 is 2.30 bits per heavy atom. The number of esters is 1. The van der Waals surface area contributed by atoms with E-state index in [4.69, 9.17) is 13.7 Å². The summed E-state index contributed by atoms with van der Waals surface area (Å²) in [5, 5.41) is 2.68. The van der Waals surface area contributed by atoms with Crippen LogP contribution >= 0.6 is 0 Å². The molecule has 0 saturated carbocycles. The maximum absolute atomic E-state index is 12.7. The Morgan fingerprint density at radius 2 is 1.62 bits per heavy atom. The molecule has 0 aliphatic rings. The van der Waals surface area contributed by atoms with Crippen molar-refractivity contribution in [2.24, 2.45) is 0 Å². The Hall–Kier alpha value is -3.85. The van der Waals surface area contributed by atoms with Crippen molar-refractivity contribution >= 4 is 22.2 Å². The van der Waals surface area contributed by atoms with Gasteiger partial charge in [0.2, 0.25) is 0 Å². The largest absolute Gasteiger partial charge is 0.463 e. The summed E-state index contributed by atoms with van der Waals surface area (Å²) in [6, 6.07) is 22.0. The van der Waals surface area contributed by atoms with Crippen LogP contribution in [0.2, 0.25) is 0 Å². The van der Waals surface area contributed by atoms with Crippen LogP contribution in [0.15, 0.2) is 83.8 Å². The van der Waals surface area contributed by atoms with Crippen LogP contribution in [0.1, 0.15) is 42.9 Å². The van der Waals surface area contributed by atoms with Gasteiger partial charge in [0.15, 0.2) is 0 Å². The Morgan fingerprint density at radius 1 is 0.919 bits per heavy atom. The molecule has 8 nitrogen and oxygen atoms in total. The van der Waals surface area contributed by atoms with Gasteiger partial charge in [-0.05, 0) is 56.2 Å². The van der Waals surface area contributed by atoms with Gasteiger partial charge in [0.05, 0.1) is 12.5 Å². The highest BCUT2D eigenvalue weighted by Crippen LogP contribution is 2.26. The standard InChI is InChI=1S/C28H31NO7S/c1-20(2)35-27(30)17-24(18-29-28(31)34-19-22-8-5-4-6-9-22)23-10-7-11-25(16-23)36-37(32,33)26-14-12-21(3)13-15-26/h4-16,20,24H,17-19H2,1-3H3,(H,29,31). The zero-order valence-corrected chi connectivity index (χ0v) is 21.9. The molecule has 0 aliphatic heterocycles. The zero-order valence-electron chi connectivity index (χ0n) is 21.0. The minimum Gasteiger partial charge on any atom is -0.463 e. The van der Waals surface area contributed by atoms with Gasteiger partial charge in [-0.25, -0.2) is 4.79 Å². The number of nitrogens with one attached hydrogen (secondary N) is 1. The third-order valence-corrected chi connectivity index (χ3v) is 6.59. The van der Waals surface area contributed by atoms with Crippen LogP contribution in [-0.2, 0) is 31.0 Å². The molecule has 196 valence electrons. The highest BCUT2D eigenvalue weighted by molar-refractivity contribution is 7.87. The van der Waals surface area contributed by atoms with Crippen LogP contribution in [0.3, 0.4) is 0 Å². The maximum Gasteiger partial charge on any atom is 0.407 e. The summed E-state index contributed by atoms with van der Waals surface area (Å²) in [4.78, 5) is 24.8. The summed E-state index contributed by atoms with van der Waals surface area (Å²) in [7, 11) is -4.05. The van der Waals surface area contributed by atoms with E-state index < -0.39 is 28.1 Å². The van der Waals surface area contributed by atoms with E-state index >= 15 is 0 Å². The van der Waals surface area contributed by atoms with E-state index in [9.17, 15) is 18.0 Å². The molecule has 0 heterocycles. The Balaban J connectivity index is 1.72. The topological polar surface area (TPSA) is 108 Å². The maximum atomic E-state index is 12.7. The van der Waals surface area contributed by atoms with Crippen LogP contribution in [0.5, 0.6) is 5.75 Å². The quantitative estimate of drug-likeness (QED) is 0.274. The molecular weight excluding hydrogens is 494 g/mol. The minimum absolute atomic E-state index is 0.0309. The normalized spacial score (nSPS) is 12.0. The number of carbonyl (C=O) groups excluding carboxylic acids is 2. The van der Waals surface area contributed by atoms with Gasteiger partial charge in [0.25, 0.3) is 0 Å². The van der Waals surface area contributed by atoms with Gasteiger partial charge in [0.1, 0.15) is 17.3 Å². The van der Waals surface area contributed by atoms with Crippen molar-refractivity contribution in [3.05, 3.63) is 95.6 Å². The molecule has 1 amide bonds. The number of benzene rings is 3. The first kappa shape index (κ1) is 27.7. The average molecular weight is 526 g/mol. The zero-order chi connectivity index (χ0) is 26.8. The lowest BCUT2D eigenvalue weighted by Gasteiger charge is -2.19. The lowest BCUT2D eigenvalue weighted by atomic mass is 9.95. The molecule has 3 rings (SSSR count). The first-order chi connectivity index (χ1) is 17.6. The highest BCUT2D eigenvalue weighted by Gasteiger charge is 2.22. The van der Waals surface area contributed by atoms with Crippen LogP contribution in [0, 0.1) is 6.92 Å². The molecule has 0 aromatic heterocycles. The molecule has 0 saturated heterocycles. The van der Waals surface area contributed by atoms with Crippen molar-refractivity contribution in [3.63, 3.8) is 0 Å². The van der Waals surface area contributed by atoms with Crippen LogP contribution in [0.25, 0.3) is 0 Å². The van der Waals surface area contributed by atoms with Crippen molar-refractivity contribution in [2.45, 2.75) is 50.7 Å². The third-order valence-electron chi connectivity index (χ3n) is 5.33. The molecule has 0 fully saturated rings. The summed E-state index contributed by atoms with van der Waals surface area (Å²) in [5.41, 5.74) is 2.36. The molecule has 0 aliphatic carbocycles. The number of rotatable bonds is 11. The SMILES string of the molecule is Cc1ccc(S(=O)(=O)Oc2cccc(C(CNC(=O)OCc3ccccc3)CC(=O)OC(C)C)c2)cc1. The summed E-state index contributed by atoms with van der Waals surface area (Å²) in [6.07, 6.45) is -0.975. The van der Waals surface area contributed by atoms with E-state index in [0.29, 0.717) is 5.56 Å². The number of hydrogen-bond donors (Lipinski definition) is 1. The lowest BCUT2D eigenvalue weighted by molar-refractivity contribution is -0.147. The molecule has 1 N–H and O–H groups in total. The van der Waals surface area contributed by atoms with Gasteiger partial charge in [-0.2, -0.15) is 8.42 Å². The van der Waals surface area contributed by atoms with Gasteiger partial charge in [-0.15, -0.1) is 0 Å². The fourth-order valence-electron chi connectivity index (χ4n) is 3.50. The highest BCUT2D eigenvalue weighted by atomic mass is 32.2. The van der Waals surface area contributed by atoms with Gasteiger partial charge >= 0.3 is 22.2 Å². The lowest BCUT2D eigenvalue weighted by Crippen LogP contribution is -2.30. The second kappa shape index (κ2) is 12.9. The molecule has 3 aromatic carbocycles. The smallest absolute Gasteiger partial charge is 0.407 e. The summed E-state index contributed by atoms with van der Waals surface area (Å²) >= 11 is 0. The number of aryl methyl sites for hydroxylation is 1. The molecule has 0 bridgehead atoms. The molecule has 37 heavy (non-hydrogen) atoms. The summed E-state index contributed by atoms with van der Waals surface area (Å²) in [6.45, 7) is 5.52. The van der Waals surface area contributed by atoms with E-state index in [-0.39, 0.29) is 36.3 Å². The van der Waals surface area contributed by atoms with Gasteiger partial charge in [0, 0.05) is 12.5 Å². The van der Waals surface area contributed by atoms with E-state index in [0.717, 1.165) is 11.1 Å². The van der Waals surface area contributed by atoms with E-state index in [1.165, 1.54) is 24.3 Å². The first-order valence-electron chi connectivity index (χ1n) is 11.9. The van der Waals surface area contributed by atoms with Crippen molar-refractivity contribution in [1.29, 1.82) is 0 Å². The number of ether oxygens (including phenoxy) is 2. The van der Waals surface area contributed by atoms with Gasteiger partial charge in [-0.1, -0.05) is 60.2 Å². The number of hydrogen-bond acceptors (Lipinski definition) is 7. The van der Waals surface area contributed by atoms with E-state index in [1.54, 1.807) is 38.1 Å². The number of alkyl carbamates (subject to hydrolysis) is 1.